The van der Waals surface area contributed by atoms with Gasteiger partial charge in [-0.2, -0.15) is 0 Å². The summed E-state index contributed by atoms with van der Waals surface area (Å²) in [5, 5.41) is 3.19. The molecular weight excluding hydrogens is 430 g/mol. The molecule has 2 atom stereocenters. The minimum Gasteiger partial charge on any atom is -0.376 e. The third-order valence-corrected chi connectivity index (χ3v) is 6.50. The van der Waals surface area contributed by atoms with E-state index < -0.39 is 16.5 Å². The molecule has 1 saturated heterocycles. The Kier molecular flexibility index (Phi) is 8.10. The second-order valence-corrected chi connectivity index (χ2v) is 10.0. The fourth-order valence-corrected chi connectivity index (χ4v) is 4.71. The molecule has 2 aromatic heterocycles. The minimum absolute atomic E-state index is 0.0597. The molecule has 1 N–H and O–H groups in total. The van der Waals surface area contributed by atoms with Crippen LogP contribution in [0.25, 0.3) is 11.0 Å². The first-order valence-electron chi connectivity index (χ1n) is 11.3. The average molecular weight is 464 g/mol. The second kappa shape index (κ2) is 10.6. The predicted molar refractivity (Wildman–Crippen MR) is 125 cm³/mol. The van der Waals surface area contributed by atoms with Crippen LogP contribution in [0.1, 0.15) is 52.8 Å². The summed E-state index contributed by atoms with van der Waals surface area (Å²) in [5.41, 5.74) is -0.486. The maximum atomic E-state index is 13.1. The van der Waals surface area contributed by atoms with Gasteiger partial charge in [-0.25, -0.2) is 14.8 Å². The quantitative estimate of drug-likeness (QED) is 0.447. The molecule has 0 spiro atoms. The van der Waals surface area contributed by atoms with E-state index in [9.17, 15) is 14.4 Å². The summed E-state index contributed by atoms with van der Waals surface area (Å²) in [6, 6.07) is 0. The van der Waals surface area contributed by atoms with Gasteiger partial charge in [-0.3, -0.25) is 18.7 Å². The molecule has 1 amide bonds. The molecule has 176 valence electrons. The highest BCUT2D eigenvalue weighted by molar-refractivity contribution is 8.00. The van der Waals surface area contributed by atoms with Crippen molar-refractivity contribution in [3.05, 3.63) is 26.7 Å². The number of hydrogen-bond donors (Lipinski definition) is 1. The molecule has 32 heavy (non-hydrogen) atoms. The van der Waals surface area contributed by atoms with Gasteiger partial charge < -0.3 is 10.1 Å². The number of hydrogen-bond acceptors (Lipinski definition) is 7. The monoisotopic (exact) mass is 463 g/mol. The second-order valence-electron chi connectivity index (χ2n) is 8.68. The Hall–Kier alpha value is -2.20. The molecule has 0 radical (unpaired) electrons. The topological polar surface area (TPSA) is 108 Å². The summed E-state index contributed by atoms with van der Waals surface area (Å²) >= 11 is 1.23. The van der Waals surface area contributed by atoms with Gasteiger partial charge in [0.1, 0.15) is 16.2 Å². The average Bonchev–Trinajstić information content (AvgIpc) is 3.26. The van der Waals surface area contributed by atoms with E-state index in [1.54, 1.807) is 6.92 Å². The minimum atomic E-state index is -0.474. The Morgan fingerprint density at radius 1 is 1.28 bits per heavy atom. The Balaban J connectivity index is 2.00. The SMILES string of the molecule is CCCn1c(=O)n(C)c(=O)c2c(S[C@H](C)C(=O)NC[C@H]3CCCO3)nc(CC(C)C)nc21. The lowest BCUT2D eigenvalue weighted by Crippen LogP contribution is -2.39. The van der Waals surface area contributed by atoms with Crippen LogP contribution in [0.5, 0.6) is 0 Å². The summed E-state index contributed by atoms with van der Waals surface area (Å²) in [5.74, 6) is 0.733. The van der Waals surface area contributed by atoms with Gasteiger partial charge in [0.05, 0.1) is 11.4 Å². The number of thioether (sulfide) groups is 1. The molecule has 1 aliphatic heterocycles. The van der Waals surface area contributed by atoms with Crippen LogP contribution in [-0.4, -0.2) is 49.5 Å². The summed E-state index contributed by atoms with van der Waals surface area (Å²) in [4.78, 5) is 47.8. The Morgan fingerprint density at radius 3 is 2.66 bits per heavy atom. The third-order valence-electron chi connectivity index (χ3n) is 5.42. The maximum absolute atomic E-state index is 13.1. The van der Waals surface area contributed by atoms with Crippen LogP contribution in [0.2, 0.25) is 0 Å². The summed E-state index contributed by atoms with van der Waals surface area (Å²) in [7, 11) is 1.46. The van der Waals surface area contributed by atoms with Crippen LogP contribution in [0.3, 0.4) is 0 Å². The number of carbonyl (C=O) groups is 1. The van der Waals surface area contributed by atoms with Gasteiger partial charge >= 0.3 is 5.69 Å². The lowest BCUT2D eigenvalue weighted by atomic mass is 10.1. The number of nitrogens with one attached hydrogen (secondary N) is 1. The standard InChI is InChI=1S/C22H33N5O4S/c1-6-9-27-18-17(21(29)26(5)22(27)30)20(25-16(24-18)11-13(2)3)32-14(4)19(28)23-12-15-8-7-10-31-15/h13-15H,6-12H2,1-5H3,(H,23,28)/t14-,15-/m1/s1. The van der Waals surface area contributed by atoms with Gasteiger partial charge in [0, 0.05) is 33.2 Å². The summed E-state index contributed by atoms with van der Waals surface area (Å²) in [6.45, 7) is 9.54. The number of fused-ring (bicyclic) bond motifs is 1. The van der Waals surface area contributed by atoms with Crippen LogP contribution >= 0.6 is 11.8 Å². The number of aryl methyl sites for hydroxylation is 1. The van der Waals surface area contributed by atoms with E-state index in [2.05, 4.69) is 29.1 Å². The summed E-state index contributed by atoms with van der Waals surface area (Å²) < 4.78 is 8.20. The van der Waals surface area contributed by atoms with Crippen molar-refractivity contribution in [2.75, 3.05) is 13.2 Å². The molecule has 0 aliphatic carbocycles. The van der Waals surface area contributed by atoms with E-state index in [4.69, 9.17) is 4.74 Å². The number of amides is 1. The van der Waals surface area contributed by atoms with E-state index in [-0.39, 0.29) is 17.4 Å². The maximum Gasteiger partial charge on any atom is 0.332 e. The normalized spacial score (nSPS) is 17.2. The predicted octanol–water partition coefficient (Wildman–Crippen LogP) is 1.87. The number of aromatic nitrogens is 4. The van der Waals surface area contributed by atoms with Gasteiger partial charge in [0.2, 0.25) is 5.91 Å². The van der Waals surface area contributed by atoms with E-state index in [1.165, 1.54) is 23.4 Å². The first-order valence-corrected chi connectivity index (χ1v) is 12.2. The van der Waals surface area contributed by atoms with Crippen LogP contribution in [0.4, 0.5) is 0 Å². The van der Waals surface area contributed by atoms with Crippen molar-refractivity contribution in [2.24, 2.45) is 13.0 Å². The largest absolute Gasteiger partial charge is 0.376 e. The zero-order valence-electron chi connectivity index (χ0n) is 19.5. The number of carbonyl (C=O) groups excluding carboxylic acids is 1. The molecule has 0 aromatic carbocycles. The van der Waals surface area contributed by atoms with Gasteiger partial charge in [-0.15, -0.1) is 0 Å². The van der Waals surface area contributed by atoms with E-state index in [0.29, 0.717) is 41.9 Å². The van der Waals surface area contributed by atoms with Crippen LogP contribution < -0.4 is 16.6 Å². The number of rotatable bonds is 9. The fraction of sp³-hybridized carbons (Fsp3) is 0.682. The third kappa shape index (κ3) is 5.40. The van der Waals surface area contributed by atoms with Crippen LogP contribution in [0, 0.1) is 5.92 Å². The zero-order valence-corrected chi connectivity index (χ0v) is 20.3. The number of ether oxygens (including phenoxy) is 1. The van der Waals surface area contributed by atoms with Gasteiger partial charge in [-0.05, 0) is 32.1 Å². The molecule has 9 nitrogen and oxygen atoms in total. The number of nitrogens with zero attached hydrogens (tertiary/aromatic N) is 4. The molecule has 10 heteroatoms. The molecular formula is C22H33N5O4S. The highest BCUT2D eigenvalue weighted by Crippen LogP contribution is 2.27. The van der Waals surface area contributed by atoms with E-state index >= 15 is 0 Å². The van der Waals surface area contributed by atoms with Gasteiger partial charge in [0.15, 0.2) is 5.65 Å². The molecule has 0 bridgehead atoms. The Morgan fingerprint density at radius 2 is 2.03 bits per heavy atom. The fourth-order valence-electron chi connectivity index (χ4n) is 3.73. The molecule has 0 unspecified atom stereocenters. The van der Waals surface area contributed by atoms with Crippen molar-refractivity contribution >= 4 is 28.7 Å². The Labute approximate surface area is 192 Å². The molecule has 3 rings (SSSR count). The van der Waals surface area contributed by atoms with Crippen molar-refractivity contribution in [2.45, 2.75) is 76.3 Å². The molecule has 2 aromatic rings. The first-order chi connectivity index (χ1) is 15.2. The molecule has 0 saturated carbocycles. The van der Waals surface area contributed by atoms with Crippen molar-refractivity contribution in [3.8, 4) is 0 Å². The van der Waals surface area contributed by atoms with E-state index in [1.807, 2.05) is 6.92 Å². The van der Waals surface area contributed by atoms with Crippen molar-refractivity contribution < 1.29 is 9.53 Å². The highest BCUT2D eigenvalue weighted by atomic mass is 32.2. The van der Waals surface area contributed by atoms with Crippen LogP contribution in [-0.2, 0) is 29.5 Å². The zero-order chi connectivity index (χ0) is 23.4. The lowest BCUT2D eigenvalue weighted by molar-refractivity contribution is -0.120. The van der Waals surface area contributed by atoms with Crippen molar-refractivity contribution in [3.63, 3.8) is 0 Å². The lowest BCUT2D eigenvalue weighted by Gasteiger charge is -2.17. The highest BCUT2D eigenvalue weighted by Gasteiger charge is 2.24. The van der Waals surface area contributed by atoms with Gasteiger partial charge in [-0.1, -0.05) is 32.5 Å². The molecule has 1 fully saturated rings. The van der Waals surface area contributed by atoms with E-state index in [0.717, 1.165) is 30.4 Å². The first kappa shape index (κ1) is 24.4. The van der Waals surface area contributed by atoms with Crippen molar-refractivity contribution in [1.29, 1.82) is 0 Å². The van der Waals surface area contributed by atoms with Gasteiger partial charge in [0.25, 0.3) is 5.56 Å². The summed E-state index contributed by atoms with van der Waals surface area (Å²) in [6.07, 6.45) is 3.35. The molecule has 3 heterocycles. The Bertz CT molecular complexity index is 1090. The van der Waals surface area contributed by atoms with Crippen LogP contribution in [0.15, 0.2) is 14.6 Å². The smallest absolute Gasteiger partial charge is 0.332 e. The molecule has 1 aliphatic rings. The van der Waals surface area contributed by atoms with Crippen molar-refractivity contribution in [1.82, 2.24) is 24.4 Å².